The lowest BCUT2D eigenvalue weighted by Crippen LogP contribution is -2.37. The van der Waals surface area contributed by atoms with Crippen LogP contribution >= 0.6 is 24.0 Å². The third-order valence-corrected chi connectivity index (χ3v) is 7.44. The van der Waals surface area contributed by atoms with Gasteiger partial charge in [-0.05, 0) is 18.1 Å². The predicted octanol–water partition coefficient (Wildman–Crippen LogP) is 5.40. The number of aliphatic carboxylic acids is 1. The Morgan fingerprint density at radius 3 is 2.35 bits per heavy atom. The number of nitrogens with zero attached hydrogens (tertiary/aromatic N) is 2. The number of hydrogen-bond acceptors (Lipinski definition) is 5. The van der Waals surface area contributed by atoms with Crippen LogP contribution in [0.4, 0.5) is 5.69 Å². The number of thiocarbonyl (C=S) groups is 1. The van der Waals surface area contributed by atoms with Crippen LogP contribution < -0.4 is 4.90 Å². The summed E-state index contributed by atoms with van der Waals surface area (Å²) in [5, 5.41) is 9.93. The molecule has 2 aliphatic rings. The highest BCUT2D eigenvalue weighted by molar-refractivity contribution is 8.26. The Morgan fingerprint density at radius 1 is 0.971 bits per heavy atom. The zero-order valence-corrected chi connectivity index (χ0v) is 20.5. The normalized spacial score (nSPS) is 18.6. The first kappa shape index (κ1) is 24.2. The van der Waals surface area contributed by atoms with Crippen molar-refractivity contribution in [3.8, 4) is 0 Å². The van der Waals surface area contributed by atoms with Gasteiger partial charge in [-0.3, -0.25) is 14.5 Å². The lowest BCUT2D eigenvalue weighted by atomic mass is 10.0. The van der Waals surface area contributed by atoms with Gasteiger partial charge in [0.25, 0.3) is 11.8 Å². The van der Waals surface area contributed by atoms with Crippen molar-refractivity contribution in [1.82, 2.24) is 4.90 Å². The van der Waals surface area contributed by atoms with Gasteiger partial charge >= 0.3 is 5.97 Å². The minimum atomic E-state index is -1.26. The number of fused-ring (bicyclic) bond motifs is 1. The molecule has 1 unspecified atom stereocenters. The Kier molecular flexibility index (Phi) is 7.48. The average molecular weight is 495 g/mol. The van der Waals surface area contributed by atoms with E-state index in [-0.39, 0.29) is 15.1 Å². The number of carbonyl (C=O) groups excluding carboxylic acids is 2. The van der Waals surface area contributed by atoms with Crippen molar-refractivity contribution < 1.29 is 19.5 Å². The van der Waals surface area contributed by atoms with Gasteiger partial charge < -0.3 is 10.0 Å². The number of carbonyl (C=O) groups is 3. The minimum absolute atomic E-state index is 0.132. The molecule has 0 spiro atoms. The summed E-state index contributed by atoms with van der Waals surface area (Å²) < 4.78 is 0.132. The van der Waals surface area contributed by atoms with E-state index in [1.807, 2.05) is 24.3 Å². The first-order valence-electron chi connectivity index (χ1n) is 11.4. The number of rotatable bonds is 9. The lowest BCUT2D eigenvalue weighted by Gasteiger charge is -2.23. The molecule has 4 rings (SSSR count). The Bertz CT molecular complexity index is 1160. The molecule has 1 fully saturated rings. The fraction of sp³-hybridized carbons (Fsp3) is 0.308. The molecule has 6 nitrogen and oxygen atoms in total. The fourth-order valence-corrected chi connectivity index (χ4v) is 5.77. The smallest absolute Gasteiger partial charge is 0.331 e. The second-order valence-corrected chi connectivity index (χ2v) is 9.93. The molecule has 0 bridgehead atoms. The highest BCUT2D eigenvalue weighted by atomic mass is 32.2. The van der Waals surface area contributed by atoms with Crippen molar-refractivity contribution >= 4 is 57.3 Å². The van der Waals surface area contributed by atoms with E-state index in [2.05, 4.69) is 6.92 Å². The van der Waals surface area contributed by atoms with Crippen LogP contribution in [0.5, 0.6) is 0 Å². The van der Waals surface area contributed by atoms with Crippen LogP contribution in [0, 0.1) is 0 Å². The maximum atomic E-state index is 13.5. The molecule has 0 saturated carbocycles. The predicted molar refractivity (Wildman–Crippen MR) is 138 cm³/mol. The first-order valence-corrected chi connectivity index (χ1v) is 12.7. The molecular weight excluding hydrogens is 468 g/mol. The summed E-state index contributed by atoms with van der Waals surface area (Å²) >= 11 is 6.45. The van der Waals surface area contributed by atoms with Crippen molar-refractivity contribution in [2.24, 2.45) is 0 Å². The summed E-state index contributed by atoms with van der Waals surface area (Å²) in [6.07, 6.45) is 5.36. The van der Waals surface area contributed by atoms with Gasteiger partial charge in [-0.1, -0.05) is 105 Å². The van der Waals surface area contributed by atoms with E-state index in [1.54, 1.807) is 35.2 Å². The molecule has 8 heteroatoms. The van der Waals surface area contributed by atoms with Crippen LogP contribution in [0.3, 0.4) is 0 Å². The van der Waals surface area contributed by atoms with Gasteiger partial charge in [0.05, 0.1) is 16.2 Å². The standard InChI is InChI=1S/C26H26N2O4S2/c1-2-3-4-5-11-16-27-19-15-10-9-14-18(19)20(23(27)29)22-24(30)28(26(33)34-22)21(25(31)32)17-12-7-6-8-13-17/h6-10,12-15,21H,2-5,11,16H2,1H3,(H,31,32)/b22-20-. The molecule has 0 radical (unpaired) electrons. The van der Waals surface area contributed by atoms with E-state index in [4.69, 9.17) is 12.2 Å². The van der Waals surface area contributed by atoms with Gasteiger partial charge in [0.1, 0.15) is 4.32 Å². The van der Waals surface area contributed by atoms with Crippen LogP contribution in [0.15, 0.2) is 59.5 Å². The Labute approximate surface area is 208 Å². The van der Waals surface area contributed by atoms with Gasteiger partial charge in [0, 0.05) is 12.1 Å². The van der Waals surface area contributed by atoms with Crippen molar-refractivity contribution in [1.29, 1.82) is 0 Å². The van der Waals surface area contributed by atoms with E-state index in [1.165, 1.54) is 6.42 Å². The van der Waals surface area contributed by atoms with Crippen molar-refractivity contribution in [3.05, 3.63) is 70.6 Å². The van der Waals surface area contributed by atoms with Crippen molar-refractivity contribution in [3.63, 3.8) is 0 Å². The Morgan fingerprint density at radius 2 is 1.65 bits per heavy atom. The third-order valence-electron chi connectivity index (χ3n) is 6.04. The van der Waals surface area contributed by atoms with Crippen LogP contribution in [-0.2, 0) is 14.4 Å². The molecule has 0 aliphatic carbocycles. The highest BCUT2D eigenvalue weighted by Gasteiger charge is 2.46. The second-order valence-electron chi connectivity index (χ2n) is 8.29. The molecule has 1 atom stereocenters. The SMILES string of the molecule is CCCCCCCN1C(=O)/C(=C2\SC(=S)N(C(C(=O)O)c3ccccc3)C2=O)c2ccccc21. The number of carboxylic acids is 1. The molecule has 1 N–H and O–H groups in total. The Hall–Kier alpha value is -2.97. The van der Waals surface area contributed by atoms with Crippen LogP contribution in [0.1, 0.15) is 56.2 Å². The minimum Gasteiger partial charge on any atom is -0.479 e. The topological polar surface area (TPSA) is 77.9 Å². The maximum Gasteiger partial charge on any atom is 0.331 e. The zero-order valence-electron chi connectivity index (χ0n) is 18.9. The number of unbranched alkanes of at least 4 members (excludes halogenated alkanes) is 4. The number of carboxylic acid groups (broad SMARTS) is 1. The molecule has 176 valence electrons. The monoisotopic (exact) mass is 494 g/mol. The number of benzene rings is 2. The number of hydrogen-bond donors (Lipinski definition) is 1. The number of anilines is 1. The number of amides is 2. The molecule has 2 aromatic carbocycles. The van der Waals surface area contributed by atoms with E-state index in [0.717, 1.165) is 48.0 Å². The summed E-state index contributed by atoms with van der Waals surface area (Å²) in [4.78, 5) is 42.3. The molecule has 2 aromatic rings. The summed E-state index contributed by atoms with van der Waals surface area (Å²) in [6.45, 7) is 2.74. The lowest BCUT2D eigenvalue weighted by molar-refractivity contribution is -0.145. The summed E-state index contributed by atoms with van der Waals surface area (Å²) in [5.41, 5.74) is 2.22. The summed E-state index contributed by atoms with van der Waals surface area (Å²) in [5.74, 6) is -1.96. The van der Waals surface area contributed by atoms with Gasteiger partial charge in [-0.25, -0.2) is 4.79 Å². The van der Waals surface area contributed by atoms with Crippen LogP contribution in [0.25, 0.3) is 5.57 Å². The summed E-state index contributed by atoms with van der Waals surface area (Å²) in [7, 11) is 0. The largest absolute Gasteiger partial charge is 0.479 e. The van der Waals surface area contributed by atoms with Crippen LogP contribution in [-0.4, -0.2) is 38.7 Å². The van der Waals surface area contributed by atoms with E-state index in [0.29, 0.717) is 23.2 Å². The highest BCUT2D eigenvalue weighted by Crippen LogP contribution is 2.46. The van der Waals surface area contributed by atoms with Crippen LogP contribution in [0.2, 0.25) is 0 Å². The van der Waals surface area contributed by atoms with E-state index < -0.39 is 17.9 Å². The maximum absolute atomic E-state index is 13.5. The Balaban J connectivity index is 1.68. The van der Waals surface area contributed by atoms with Crippen molar-refractivity contribution in [2.45, 2.75) is 45.1 Å². The van der Waals surface area contributed by atoms with Gasteiger partial charge in [0.2, 0.25) is 0 Å². The van der Waals surface area contributed by atoms with E-state index >= 15 is 0 Å². The zero-order chi connectivity index (χ0) is 24.2. The second kappa shape index (κ2) is 10.5. The number of thioether (sulfide) groups is 1. The van der Waals surface area contributed by atoms with Gasteiger partial charge in [0.15, 0.2) is 6.04 Å². The molecule has 2 heterocycles. The molecule has 1 saturated heterocycles. The molecule has 2 aliphatic heterocycles. The quantitative estimate of drug-likeness (QED) is 0.286. The number of para-hydroxylation sites is 1. The first-order chi connectivity index (χ1) is 16.5. The summed E-state index contributed by atoms with van der Waals surface area (Å²) in [6, 6.07) is 14.7. The molecular formula is C26H26N2O4S2. The van der Waals surface area contributed by atoms with Gasteiger partial charge in [-0.15, -0.1) is 0 Å². The van der Waals surface area contributed by atoms with E-state index in [9.17, 15) is 19.5 Å². The van der Waals surface area contributed by atoms with Gasteiger partial charge in [-0.2, -0.15) is 0 Å². The molecule has 34 heavy (non-hydrogen) atoms. The molecule has 2 amide bonds. The average Bonchev–Trinajstić information content (AvgIpc) is 3.27. The van der Waals surface area contributed by atoms with Crippen molar-refractivity contribution in [2.75, 3.05) is 11.4 Å². The third kappa shape index (κ3) is 4.52. The fourth-order valence-electron chi connectivity index (χ4n) is 4.39. The molecule has 0 aromatic heterocycles.